The highest BCUT2D eigenvalue weighted by Crippen LogP contribution is 2.28. The fourth-order valence-corrected chi connectivity index (χ4v) is 3.43. The molecular weight excluding hydrogens is 417 g/mol. The van der Waals surface area contributed by atoms with Crippen LogP contribution in [0, 0.1) is 31.0 Å². The molecule has 0 amide bonds. The molecule has 140 valence electrons. The molecule has 0 aromatic heterocycles. The van der Waals surface area contributed by atoms with E-state index in [0.29, 0.717) is 12.2 Å². The van der Waals surface area contributed by atoms with E-state index in [-0.39, 0.29) is 5.82 Å². The minimum absolute atomic E-state index is 0.258. The number of hydrogen-bond acceptors (Lipinski definition) is 2. The van der Waals surface area contributed by atoms with Gasteiger partial charge in [0.1, 0.15) is 18.2 Å². The van der Waals surface area contributed by atoms with Crippen LogP contribution >= 0.6 is 15.9 Å². The van der Waals surface area contributed by atoms with Gasteiger partial charge < -0.3 is 4.74 Å². The first-order valence-electron chi connectivity index (χ1n) is 8.82. The van der Waals surface area contributed by atoms with Gasteiger partial charge in [-0.2, -0.15) is 5.26 Å². The molecule has 0 aliphatic heterocycles. The molecule has 0 spiro atoms. The second-order valence-corrected chi connectivity index (χ2v) is 7.49. The highest BCUT2D eigenvalue weighted by molar-refractivity contribution is 9.10. The molecule has 0 aliphatic rings. The van der Waals surface area contributed by atoms with Crippen LogP contribution in [0.1, 0.15) is 27.8 Å². The van der Waals surface area contributed by atoms with Crippen LogP contribution in [0.5, 0.6) is 5.75 Å². The van der Waals surface area contributed by atoms with Crippen molar-refractivity contribution in [1.82, 2.24) is 0 Å². The van der Waals surface area contributed by atoms with Crippen LogP contribution in [0.15, 0.2) is 65.1 Å². The molecule has 0 aliphatic carbocycles. The number of nitriles is 1. The summed E-state index contributed by atoms with van der Waals surface area (Å²) in [6, 6.07) is 20.3. The second kappa shape index (κ2) is 8.86. The predicted molar refractivity (Wildman–Crippen MR) is 114 cm³/mol. The van der Waals surface area contributed by atoms with Crippen molar-refractivity contribution in [2.75, 3.05) is 0 Å². The fourth-order valence-electron chi connectivity index (χ4n) is 3.03. The first kappa shape index (κ1) is 19.9. The minimum atomic E-state index is -0.258. The third-order valence-electron chi connectivity index (χ3n) is 4.35. The van der Waals surface area contributed by atoms with Gasteiger partial charge >= 0.3 is 0 Å². The van der Waals surface area contributed by atoms with Gasteiger partial charge in [-0.3, -0.25) is 0 Å². The predicted octanol–water partition coefficient (Wildman–Crippen LogP) is 6.85. The maximum Gasteiger partial charge on any atom is 0.125 e. The monoisotopic (exact) mass is 435 g/mol. The van der Waals surface area contributed by atoms with Crippen molar-refractivity contribution in [3.8, 4) is 11.8 Å². The standard InChI is InChI=1S/C24H19BrFNO/c1-16-10-19(12-21(14-27)20-4-3-5-22(25)13-20)11-17(2)24(16)28-15-18-6-8-23(26)9-7-18/h3-13H,15H2,1-2H3/b21-12+. The molecule has 4 heteroatoms. The third-order valence-corrected chi connectivity index (χ3v) is 4.84. The Balaban J connectivity index is 1.84. The van der Waals surface area contributed by atoms with Crippen LogP contribution in [-0.4, -0.2) is 0 Å². The van der Waals surface area contributed by atoms with E-state index in [2.05, 4.69) is 22.0 Å². The smallest absolute Gasteiger partial charge is 0.125 e. The molecule has 3 rings (SSSR count). The van der Waals surface area contributed by atoms with Crippen LogP contribution in [0.3, 0.4) is 0 Å². The zero-order valence-electron chi connectivity index (χ0n) is 15.7. The number of nitrogens with zero attached hydrogens (tertiary/aromatic N) is 1. The molecule has 3 aromatic carbocycles. The Bertz CT molecular complexity index is 1040. The zero-order valence-corrected chi connectivity index (χ0v) is 17.3. The van der Waals surface area contributed by atoms with E-state index in [9.17, 15) is 9.65 Å². The number of allylic oxidation sites excluding steroid dienone is 1. The maximum atomic E-state index is 13.0. The molecule has 0 bridgehead atoms. The van der Waals surface area contributed by atoms with E-state index in [4.69, 9.17) is 4.74 Å². The highest BCUT2D eigenvalue weighted by Gasteiger charge is 2.08. The van der Waals surface area contributed by atoms with E-state index in [1.54, 1.807) is 12.1 Å². The lowest BCUT2D eigenvalue weighted by molar-refractivity contribution is 0.302. The molecular formula is C24H19BrFNO. The zero-order chi connectivity index (χ0) is 20.1. The van der Waals surface area contributed by atoms with Crippen LogP contribution in [0.25, 0.3) is 11.6 Å². The summed E-state index contributed by atoms with van der Waals surface area (Å²) < 4.78 is 19.9. The third kappa shape index (κ3) is 4.88. The number of ether oxygens (including phenoxy) is 1. The molecule has 3 aromatic rings. The Morgan fingerprint density at radius 1 is 1.07 bits per heavy atom. The van der Waals surface area contributed by atoms with Crippen molar-refractivity contribution in [3.63, 3.8) is 0 Å². The average molecular weight is 436 g/mol. The van der Waals surface area contributed by atoms with Crippen molar-refractivity contribution in [3.05, 3.63) is 98.8 Å². The number of benzene rings is 3. The lowest BCUT2D eigenvalue weighted by Gasteiger charge is -2.13. The molecule has 28 heavy (non-hydrogen) atoms. The van der Waals surface area contributed by atoms with Gasteiger partial charge in [-0.1, -0.05) is 40.2 Å². The first-order chi connectivity index (χ1) is 13.5. The summed E-state index contributed by atoms with van der Waals surface area (Å²) in [6.45, 7) is 4.34. The van der Waals surface area contributed by atoms with Gasteiger partial charge in [0.25, 0.3) is 0 Å². The normalized spacial score (nSPS) is 11.2. The van der Waals surface area contributed by atoms with E-state index < -0.39 is 0 Å². The van der Waals surface area contributed by atoms with Gasteiger partial charge in [-0.15, -0.1) is 0 Å². The highest BCUT2D eigenvalue weighted by atomic mass is 79.9. The van der Waals surface area contributed by atoms with Gasteiger partial charge in [0, 0.05) is 4.47 Å². The van der Waals surface area contributed by atoms with Crippen LogP contribution in [0.2, 0.25) is 0 Å². The van der Waals surface area contributed by atoms with Gasteiger partial charge in [-0.25, -0.2) is 4.39 Å². The Labute approximate surface area is 173 Å². The molecule has 0 atom stereocenters. The van der Waals surface area contributed by atoms with Crippen LogP contribution < -0.4 is 4.74 Å². The second-order valence-electron chi connectivity index (χ2n) is 6.58. The summed E-state index contributed by atoms with van der Waals surface area (Å²) in [6.07, 6.45) is 1.88. The average Bonchev–Trinajstić information content (AvgIpc) is 2.67. The van der Waals surface area contributed by atoms with Crippen molar-refractivity contribution in [1.29, 1.82) is 5.26 Å². The molecule has 0 saturated heterocycles. The number of halogens is 2. The van der Waals surface area contributed by atoms with E-state index >= 15 is 0 Å². The summed E-state index contributed by atoms with van der Waals surface area (Å²) in [5, 5.41) is 9.57. The molecule has 0 radical (unpaired) electrons. The lowest BCUT2D eigenvalue weighted by atomic mass is 10.0. The number of rotatable bonds is 5. The summed E-state index contributed by atoms with van der Waals surface area (Å²) in [5.74, 6) is 0.549. The van der Waals surface area contributed by atoms with E-state index in [1.165, 1.54) is 12.1 Å². The van der Waals surface area contributed by atoms with E-state index in [1.807, 2.05) is 56.3 Å². The maximum absolute atomic E-state index is 13.0. The quantitative estimate of drug-likeness (QED) is 0.324. The van der Waals surface area contributed by atoms with Gasteiger partial charge in [0.15, 0.2) is 0 Å². The Kier molecular flexibility index (Phi) is 6.28. The van der Waals surface area contributed by atoms with Crippen molar-refractivity contribution in [2.24, 2.45) is 0 Å². The van der Waals surface area contributed by atoms with Crippen molar-refractivity contribution < 1.29 is 9.13 Å². The fraction of sp³-hybridized carbons (Fsp3) is 0.125. The van der Waals surface area contributed by atoms with Gasteiger partial charge in [0.05, 0.1) is 11.6 Å². The van der Waals surface area contributed by atoms with Crippen LogP contribution in [0.4, 0.5) is 4.39 Å². The largest absolute Gasteiger partial charge is 0.488 e. The van der Waals surface area contributed by atoms with Crippen molar-refractivity contribution in [2.45, 2.75) is 20.5 Å². The SMILES string of the molecule is Cc1cc(/C=C(\C#N)c2cccc(Br)c2)cc(C)c1OCc1ccc(F)cc1. The Morgan fingerprint density at radius 3 is 2.36 bits per heavy atom. The Morgan fingerprint density at radius 2 is 1.75 bits per heavy atom. The molecule has 0 saturated carbocycles. The topological polar surface area (TPSA) is 33.0 Å². The molecule has 0 fully saturated rings. The lowest BCUT2D eigenvalue weighted by Crippen LogP contribution is -1.99. The number of hydrogen-bond donors (Lipinski definition) is 0. The van der Waals surface area contributed by atoms with Crippen molar-refractivity contribution >= 4 is 27.6 Å². The van der Waals surface area contributed by atoms with Gasteiger partial charge in [0.2, 0.25) is 0 Å². The first-order valence-corrected chi connectivity index (χ1v) is 9.62. The van der Waals surface area contributed by atoms with Gasteiger partial charge in [-0.05, 0) is 84.1 Å². The minimum Gasteiger partial charge on any atom is -0.488 e. The summed E-state index contributed by atoms with van der Waals surface area (Å²) in [7, 11) is 0. The van der Waals surface area contributed by atoms with Crippen LogP contribution in [-0.2, 0) is 6.61 Å². The van der Waals surface area contributed by atoms with E-state index in [0.717, 1.165) is 38.0 Å². The Hall–Kier alpha value is -2.90. The summed E-state index contributed by atoms with van der Waals surface area (Å²) in [4.78, 5) is 0. The molecule has 0 N–H and O–H groups in total. The molecule has 2 nitrogen and oxygen atoms in total. The summed E-state index contributed by atoms with van der Waals surface area (Å²) >= 11 is 3.44. The molecule has 0 unspecified atom stereocenters. The number of aryl methyl sites for hydroxylation is 2. The summed E-state index contributed by atoms with van der Waals surface area (Å²) in [5.41, 5.74) is 5.29. The molecule has 0 heterocycles.